The normalized spacial score (nSPS) is 11.7. The topological polar surface area (TPSA) is 73.6 Å². The Balaban J connectivity index is 2.83. The maximum Gasteiger partial charge on any atom is 0.327 e. The Morgan fingerprint density at radius 3 is 2.69 bits per heavy atom. The van der Waals surface area contributed by atoms with Crippen molar-refractivity contribution in [2.24, 2.45) is 0 Å². The lowest BCUT2D eigenvalue weighted by atomic mass is 10.2. The molecule has 0 aliphatic rings. The fraction of sp³-hybridized carbons (Fsp3) is 0.364. The van der Waals surface area contributed by atoms with Gasteiger partial charge in [0.2, 0.25) is 0 Å². The highest BCUT2D eigenvalue weighted by atomic mass is 16.5. The van der Waals surface area contributed by atoms with Gasteiger partial charge in [0, 0.05) is 6.07 Å². The average Bonchev–Trinajstić information content (AvgIpc) is 2.30. The SMILES string of the molecule is COC(=O)C(C)Nc1cc(OC)ccc1N. The molecular weight excluding hydrogens is 208 g/mol. The summed E-state index contributed by atoms with van der Waals surface area (Å²) in [6.07, 6.45) is 0. The lowest BCUT2D eigenvalue weighted by Crippen LogP contribution is -2.27. The molecule has 1 atom stereocenters. The van der Waals surface area contributed by atoms with Crippen LogP contribution in [0, 0.1) is 0 Å². The molecule has 88 valence electrons. The first-order valence-corrected chi connectivity index (χ1v) is 4.86. The molecule has 1 unspecified atom stereocenters. The Bertz CT molecular complexity index is 379. The Labute approximate surface area is 94.5 Å². The molecule has 5 heteroatoms. The van der Waals surface area contributed by atoms with Gasteiger partial charge >= 0.3 is 5.97 Å². The van der Waals surface area contributed by atoms with Gasteiger partial charge in [-0.2, -0.15) is 0 Å². The molecule has 1 aromatic rings. The number of ether oxygens (including phenoxy) is 2. The molecule has 0 saturated heterocycles. The molecule has 0 aliphatic heterocycles. The molecular formula is C11H16N2O3. The van der Waals surface area contributed by atoms with E-state index in [1.165, 1.54) is 7.11 Å². The van der Waals surface area contributed by atoms with Crippen molar-refractivity contribution in [2.45, 2.75) is 13.0 Å². The highest BCUT2D eigenvalue weighted by Crippen LogP contribution is 2.24. The summed E-state index contributed by atoms with van der Waals surface area (Å²) in [5.74, 6) is 0.330. The second kappa shape index (κ2) is 5.25. The smallest absolute Gasteiger partial charge is 0.327 e. The molecule has 0 radical (unpaired) electrons. The van der Waals surface area contributed by atoms with E-state index in [-0.39, 0.29) is 5.97 Å². The number of anilines is 2. The number of carbonyl (C=O) groups is 1. The van der Waals surface area contributed by atoms with Crippen LogP contribution in [0.3, 0.4) is 0 Å². The van der Waals surface area contributed by atoms with E-state index in [0.717, 1.165) is 0 Å². The van der Waals surface area contributed by atoms with E-state index in [0.29, 0.717) is 17.1 Å². The largest absolute Gasteiger partial charge is 0.497 e. The Kier molecular flexibility index (Phi) is 3.99. The molecule has 16 heavy (non-hydrogen) atoms. The molecule has 5 nitrogen and oxygen atoms in total. The number of esters is 1. The van der Waals surface area contributed by atoms with Crippen molar-refractivity contribution >= 4 is 17.3 Å². The molecule has 0 spiro atoms. The highest BCUT2D eigenvalue weighted by molar-refractivity contribution is 5.81. The van der Waals surface area contributed by atoms with Gasteiger partial charge in [0.1, 0.15) is 11.8 Å². The zero-order valence-electron chi connectivity index (χ0n) is 9.61. The molecule has 0 heterocycles. The Hall–Kier alpha value is -1.91. The van der Waals surface area contributed by atoms with Crippen LogP contribution in [0.2, 0.25) is 0 Å². The Morgan fingerprint density at radius 2 is 2.12 bits per heavy atom. The van der Waals surface area contributed by atoms with Gasteiger partial charge in [0.15, 0.2) is 0 Å². The fourth-order valence-corrected chi connectivity index (χ4v) is 1.26. The summed E-state index contributed by atoms with van der Waals surface area (Å²) in [6, 6.07) is 4.74. The lowest BCUT2D eigenvalue weighted by molar-refractivity contribution is -0.141. The van der Waals surface area contributed by atoms with Crippen LogP contribution in [-0.4, -0.2) is 26.2 Å². The zero-order valence-corrected chi connectivity index (χ0v) is 9.61. The van der Waals surface area contributed by atoms with Crippen molar-refractivity contribution in [3.63, 3.8) is 0 Å². The number of nitrogen functional groups attached to an aromatic ring is 1. The average molecular weight is 224 g/mol. The second-order valence-electron chi connectivity index (χ2n) is 3.34. The van der Waals surface area contributed by atoms with Crippen LogP contribution in [0.25, 0.3) is 0 Å². The number of methoxy groups -OCH3 is 2. The number of hydrogen-bond acceptors (Lipinski definition) is 5. The number of rotatable bonds is 4. The van der Waals surface area contributed by atoms with Crippen molar-refractivity contribution < 1.29 is 14.3 Å². The van der Waals surface area contributed by atoms with Gasteiger partial charge in [-0.3, -0.25) is 0 Å². The van der Waals surface area contributed by atoms with Crippen LogP contribution in [0.4, 0.5) is 11.4 Å². The Morgan fingerprint density at radius 1 is 1.44 bits per heavy atom. The molecule has 0 saturated carbocycles. The number of benzene rings is 1. The number of nitrogens with one attached hydrogen (secondary N) is 1. The molecule has 1 rings (SSSR count). The van der Waals surface area contributed by atoms with E-state index in [1.54, 1.807) is 32.2 Å². The fourth-order valence-electron chi connectivity index (χ4n) is 1.26. The minimum atomic E-state index is -0.459. The molecule has 0 bridgehead atoms. The van der Waals surface area contributed by atoms with Gasteiger partial charge in [-0.15, -0.1) is 0 Å². The summed E-state index contributed by atoms with van der Waals surface area (Å²) in [4.78, 5) is 11.2. The van der Waals surface area contributed by atoms with E-state index in [9.17, 15) is 4.79 Å². The first kappa shape index (κ1) is 12.2. The van der Waals surface area contributed by atoms with Gasteiger partial charge in [0.05, 0.1) is 25.6 Å². The third-order valence-electron chi connectivity index (χ3n) is 2.19. The highest BCUT2D eigenvalue weighted by Gasteiger charge is 2.14. The van der Waals surface area contributed by atoms with E-state index in [1.807, 2.05) is 0 Å². The third-order valence-corrected chi connectivity index (χ3v) is 2.19. The lowest BCUT2D eigenvalue weighted by Gasteiger charge is -2.15. The predicted molar refractivity (Wildman–Crippen MR) is 62.5 cm³/mol. The van der Waals surface area contributed by atoms with Crippen LogP contribution >= 0.6 is 0 Å². The first-order valence-electron chi connectivity index (χ1n) is 4.86. The van der Waals surface area contributed by atoms with Crippen molar-refractivity contribution in [1.82, 2.24) is 0 Å². The minimum Gasteiger partial charge on any atom is -0.497 e. The number of carbonyl (C=O) groups excluding carboxylic acids is 1. The van der Waals surface area contributed by atoms with Crippen LogP contribution < -0.4 is 15.8 Å². The minimum absolute atomic E-state index is 0.345. The van der Waals surface area contributed by atoms with Crippen molar-refractivity contribution in [2.75, 3.05) is 25.3 Å². The van der Waals surface area contributed by atoms with Crippen molar-refractivity contribution in [3.8, 4) is 5.75 Å². The summed E-state index contributed by atoms with van der Waals surface area (Å²) in [5.41, 5.74) is 6.97. The first-order chi connectivity index (χ1) is 7.58. The summed E-state index contributed by atoms with van der Waals surface area (Å²) in [6.45, 7) is 1.70. The quantitative estimate of drug-likeness (QED) is 0.594. The molecule has 0 amide bonds. The van der Waals surface area contributed by atoms with Gasteiger partial charge in [-0.25, -0.2) is 4.79 Å². The summed E-state index contributed by atoms with van der Waals surface area (Å²) in [5, 5.41) is 2.96. The summed E-state index contributed by atoms with van der Waals surface area (Å²) >= 11 is 0. The maximum absolute atomic E-state index is 11.2. The molecule has 0 fully saturated rings. The molecule has 1 aromatic carbocycles. The van der Waals surface area contributed by atoms with Crippen LogP contribution in [-0.2, 0) is 9.53 Å². The van der Waals surface area contributed by atoms with E-state index < -0.39 is 6.04 Å². The van der Waals surface area contributed by atoms with E-state index >= 15 is 0 Å². The van der Waals surface area contributed by atoms with Gasteiger partial charge in [-0.1, -0.05) is 0 Å². The van der Waals surface area contributed by atoms with Crippen molar-refractivity contribution in [3.05, 3.63) is 18.2 Å². The van der Waals surface area contributed by atoms with Crippen LogP contribution in [0.5, 0.6) is 5.75 Å². The van der Waals surface area contributed by atoms with E-state index in [2.05, 4.69) is 10.1 Å². The zero-order chi connectivity index (χ0) is 12.1. The number of nitrogens with two attached hydrogens (primary N) is 1. The predicted octanol–water partition coefficient (Wildman–Crippen LogP) is 1.25. The van der Waals surface area contributed by atoms with Gasteiger partial charge in [0.25, 0.3) is 0 Å². The van der Waals surface area contributed by atoms with Crippen molar-refractivity contribution in [1.29, 1.82) is 0 Å². The maximum atomic E-state index is 11.2. The molecule has 3 N–H and O–H groups in total. The monoisotopic (exact) mass is 224 g/mol. The van der Waals surface area contributed by atoms with Gasteiger partial charge < -0.3 is 20.5 Å². The second-order valence-corrected chi connectivity index (χ2v) is 3.34. The van der Waals surface area contributed by atoms with E-state index in [4.69, 9.17) is 10.5 Å². The summed E-state index contributed by atoms with van der Waals surface area (Å²) < 4.78 is 9.67. The third kappa shape index (κ3) is 2.79. The molecule has 0 aliphatic carbocycles. The summed E-state index contributed by atoms with van der Waals surface area (Å²) in [7, 11) is 2.91. The van der Waals surface area contributed by atoms with Crippen LogP contribution in [0.1, 0.15) is 6.92 Å². The van der Waals surface area contributed by atoms with Crippen LogP contribution in [0.15, 0.2) is 18.2 Å². The number of hydrogen-bond donors (Lipinski definition) is 2. The molecule has 0 aromatic heterocycles. The van der Waals surface area contributed by atoms with Gasteiger partial charge in [-0.05, 0) is 19.1 Å². The standard InChI is InChI=1S/C11H16N2O3/c1-7(11(14)16-3)13-10-6-8(15-2)4-5-9(10)12/h4-7,13H,12H2,1-3H3.